The molecule has 10 nitrogen and oxygen atoms in total. The van der Waals surface area contributed by atoms with Crippen LogP contribution in [0.2, 0.25) is 5.02 Å². The number of carbonyl (C=O) groups is 3. The molecule has 210 valence electrons. The van der Waals surface area contributed by atoms with E-state index in [9.17, 15) is 19.5 Å². The van der Waals surface area contributed by atoms with Gasteiger partial charge in [-0.15, -0.1) is 0 Å². The fourth-order valence-corrected chi connectivity index (χ4v) is 4.85. The van der Waals surface area contributed by atoms with Crippen LogP contribution in [0.3, 0.4) is 0 Å². The van der Waals surface area contributed by atoms with Crippen molar-refractivity contribution in [2.24, 2.45) is 11.3 Å². The Morgan fingerprint density at radius 1 is 1.00 bits per heavy atom. The van der Waals surface area contributed by atoms with Gasteiger partial charge in [-0.05, 0) is 48.6 Å². The molecule has 1 aliphatic rings. The van der Waals surface area contributed by atoms with E-state index in [1.807, 2.05) is 39.0 Å². The van der Waals surface area contributed by atoms with Gasteiger partial charge in [0.25, 0.3) is 0 Å². The second-order valence-corrected chi connectivity index (χ2v) is 11.0. The summed E-state index contributed by atoms with van der Waals surface area (Å²) in [4.78, 5) is 42.7. The minimum Gasteiger partial charge on any atom is -0.465 e. The number of hydrogen-bond acceptors (Lipinski definition) is 5. The first-order valence-corrected chi connectivity index (χ1v) is 13.2. The third kappa shape index (κ3) is 7.41. The van der Waals surface area contributed by atoms with Crippen LogP contribution in [-0.2, 0) is 4.79 Å². The molecule has 4 rings (SSSR count). The molecule has 2 unspecified atom stereocenters. The molecule has 0 spiro atoms. The highest BCUT2D eigenvalue weighted by Crippen LogP contribution is 2.35. The monoisotopic (exact) mass is 565 g/mol. The molecule has 2 aromatic carbocycles. The molecule has 40 heavy (non-hydrogen) atoms. The standard InChI is InChI=1S/C29H32ClN5O5/c1-29(2,3)24-15-18(12-14-35(24)28(38)39)26(36)34-25-17-21(11-13-31-25)40-20-9-10-23(22(30)16-20)33-27(37)32-19-7-5-4-6-8-19/h4-11,13,16-18,24H,12,14-15H2,1-3H3,(H,38,39)(H,31,34,36)(H2,32,33,37). The SMILES string of the molecule is CC(C)(C)C1CC(C(=O)Nc2cc(Oc3ccc(NC(=O)Nc4ccccc4)c(Cl)c3)ccn2)CCN1C(=O)O. The fraction of sp³-hybridized carbons (Fsp3) is 0.310. The van der Waals surface area contributed by atoms with Crippen LogP contribution < -0.4 is 20.7 Å². The number of para-hydroxylation sites is 1. The zero-order chi connectivity index (χ0) is 28.9. The maximum Gasteiger partial charge on any atom is 0.407 e. The number of nitrogens with one attached hydrogen (secondary N) is 3. The van der Waals surface area contributed by atoms with Crippen LogP contribution in [0, 0.1) is 11.3 Å². The highest BCUT2D eigenvalue weighted by molar-refractivity contribution is 6.34. The first-order chi connectivity index (χ1) is 19.0. The van der Waals surface area contributed by atoms with Crippen molar-refractivity contribution in [3.05, 3.63) is 71.9 Å². The molecule has 0 aliphatic carbocycles. The number of likely N-dealkylation sites (tertiary alicyclic amines) is 1. The molecule has 11 heteroatoms. The van der Waals surface area contributed by atoms with Gasteiger partial charge in [-0.1, -0.05) is 50.6 Å². The molecule has 0 saturated carbocycles. The lowest BCUT2D eigenvalue weighted by Gasteiger charge is -2.44. The van der Waals surface area contributed by atoms with Crippen LogP contribution in [0.4, 0.5) is 26.8 Å². The summed E-state index contributed by atoms with van der Waals surface area (Å²) in [6.45, 7) is 6.23. The number of nitrogens with zero attached hydrogens (tertiary/aromatic N) is 2. The van der Waals surface area contributed by atoms with Crippen LogP contribution in [0.1, 0.15) is 33.6 Å². The van der Waals surface area contributed by atoms with Gasteiger partial charge >= 0.3 is 12.1 Å². The summed E-state index contributed by atoms with van der Waals surface area (Å²) < 4.78 is 5.91. The maximum absolute atomic E-state index is 13.1. The molecular formula is C29H32ClN5O5. The van der Waals surface area contributed by atoms with Gasteiger partial charge in [0.15, 0.2) is 0 Å². The second kappa shape index (κ2) is 12.3. The van der Waals surface area contributed by atoms with Gasteiger partial charge in [-0.3, -0.25) is 4.79 Å². The molecule has 2 heterocycles. The number of anilines is 3. The number of rotatable bonds is 6. The fourth-order valence-electron chi connectivity index (χ4n) is 4.63. The number of pyridine rings is 1. The van der Waals surface area contributed by atoms with Gasteiger partial charge in [0, 0.05) is 42.5 Å². The van der Waals surface area contributed by atoms with Crippen molar-refractivity contribution in [1.29, 1.82) is 0 Å². The third-order valence-electron chi connectivity index (χ3n) is 6.66. The van der Waals surface area contributed by atoms with Crippen molar-refractivity contribution >= 4 is 46.8 Å². The summed E-state index contributed by atoms with van der Waals surface area (Å²) in [7, 11) is 0. The first-order valence-electron chi connectivity index (χ1n) is 12.9. The molecule has 1 aliphatic heterocycles. The Balaban J connectivity index is 1.36. The first kappa shape index (κ1) is 28.7. The van der Waals surface area contributed by atoms with Gasteiger partial charge < -0.3 is 30.7 Å². The molecule has 2 atom stereocenters. The largest absolute Gasteiger partial charge is 0.465 e. The molecule has 0 bridgehead atoms. The van der Waals surface area contributed by atoms with Crippen LogP contribution in [0.15, 0.2) is 66.9 Å². The third-order valence-corrected chi connectivity index (χ3v) is 6.97. The Kier molecular flexibility index (Phi) is 8.79. The van der Waals surface area contributed by atoms with Crippen molar-refractivity contribution < 1.29 is 24.2 Å². The zero-order valence-corrected chi connectivity index (χ0v) is 23.2. The summed E-state index contributed by atoms with van der Waals surface area (Å²) in [6.07, 6.45) is 1.41. The highest BCUT2D eigenvalue weighted by atomic mass is 35.5. The van der Waals surface area contributed by atoms with Crippen molar-refractivity contribution in [2.45, 2.75) is 39.7 Å². The minimum absolute atomic E-state index is 0.212. The van der Waals surface area contributed by atoms with E-state index in [-0.39, 0.29) is 28.3 Å². The molecule has 0 radical (unpaired) electrons. The van der Waals surface area contributed by atoms with Gasteiger partial charge in [-0.25, -0.2) is 14.6 Å². The van der Waals surface area contributed by atoms with Crippen molar-refractivity contribution in [1.82, 2.24) is 9.88 Å². The number of amides is 4. The number of benzene rings is 2. The van der Waals surface area contributed by atoms with E-state index in [4.69, 9.17) is 16.3 Å². The number of carbonyl (C=O) groups excluding carboxylic acids is 2. The Labute approximate surface area is 237 Å². The predicted octanol–water partition coefficient (Wildman–Crippen LogP) is 6.91. The van der Waals surface area contributed by atoms with E-state index in [2.05, 4.69) is 20.9 Å². The average Bonchev–Trinajstić information content (AvgIpc) is 2.90. The smallest absolute Gasteiger partial charge is 0.407 e. The average molecular weight is 566 g/mol. The molecule has 1 saturated heterocycles. The van der Waals surface area contributed by atoms with E-state index >= 15 is 0 Å². The normalized spacial score (nSPS) is 17.1. The number of piperidine rings is 1. The van der Waals surface area contributed by atoms with Crippen molar-refractivity contribution in [3.63, 3.8) is 0 Å². The van der Waals surface area contributed by atoms with Crippen molar-refractivity contribution in [2.75, 3.05) is 22.5 Å². The lowest BCUT2D eigenvalue weighted by Crippen LogP contribution is -2.53. The highest BCUT2D eigenvalue weighted by Gasteiger charge is 2.40. The Morgan fingerprint density at radius 2 is 1.73 bits per heavy atom. The number of aromatic nitrogens is 1. The van der Waals surface area contributed by atoms with Crippen LogP contribution in [0.5, 0.6) is 11.5 Å². The Bertz CT molecular complexity index is 1380. The topological polar surface area (TPSA) is 133 Å². The lowest BCUT2D eigenvalue weighted by atomic mass is 9.77. The summed E-state index contributed by atoms with van der Waals surface area (Å²) in [5.74, 6) is 0.617. The van der Waals surface area contributed by atoms with Crippen LogP contribution in [0.25, 0.3) is 0 Å². The minimum atomic E-state index is -0.968. The molecule has 1 aromatic heterocycles. The Morgan fingerprint density at radius 3 is 2.40 bits per heavy atom. The summed E-state index contributed by atoms with van der Waals surface area (Å²) in [5, 5.41) is 18.1. The van der Waals surface area contributed by atoms with E-state index in [0.717, 1.165) is 0 Å². The quantitative estimate of drug-likeness (QED) is 0.256. The molecule has 1 fully saturated rings. The van der Waals surface area contributed by atoms with Gasteiger partial charge in [0.1, 0.15) is 17.3 Å². The van der Waals surface area contributed by atoms with E-state index < -0.39 is 12.1 Å². The summed E-state index contributed by atoms with van der Waals surface area (Å²) in [5.41, 5.74) is 0.755. The second-order valence-electron chi connectivity index (χ2n) is 10.6. The number of urea groups is 1. The molecule has 3 aromatic rings. The zero-order valence-electron chi connectivity index (χ0n) is 22.5. The number of carboxylic acid groups (broad SMARTS) is 1. The predicted molar refractivity (Wildman–Crippen MR) is 154 cm³/mol. The van der Waals surface area contributed by atoms with Crippen molar-refractivity contribution in [3.8, 4) is 11.5 Å². The molecule has 4 N–H and O–H groups in total. The van der Waals surface area contributed by atoms with Crippen LogP contribution in [-0.4, -0.2) is 45.6 Å². The number of ether oxygens (including phenoxy) is 1. The number of hydrogen-bond donors (Lipinski definition) is 4. The maximum atomic E-state index is 13.1. The van der Waals surface area contributed by atoms with Gasteiger partial charge in [0.2, 0.25) is 5.91 Å². The van der Waals surface area contributed by atoms with Gasteiger partial charge in [-0.2, -0.15) is 0 Å². The number of halogens is 1. The lowest BCUT2D eigenvalue weighted by molar-refractivity contribution is -0.122. The van der Waals surface area contributed by atoms with E-state index in [0.29, 0.717) is 48.1 Å². The Hall–Kier alpha value is -4.31. The summed E-state index contributed by atoms with van der Waals surface area (Å²) >= 11 is 6.37. The van der Waals surface area contributed by atoms with Crippen LogP contribution >= 0.6 is 11.6 Å². The molecule has 4 amide bonds. The van der Waals surface area contributed by atoms with E-state index in [1.54, 1.807) is 42.5 Å². The molecular weight excluding hydrogens is 534 g/mol. The van der Waals surface area contributed by atoms with Gasteiger partial charge in [0.05, 0.1) is 10.7 Å². The summed E-state index contributed by atoms with van der Waals surface area (Å²) in [6, 6.07) is 16.4. The van der Waals surface area contributed by atoms with E-state index in [1.165, 1.54) is 11.1 Å².